The Morgan fingerprint density at radius 1 is 1.31 bits per heavy atom. The van der Waals surface area contributed by atoms with Crippen LogP contribution < -0.4 is 0 Å². The van der Waals surface area contributed by atoms with E-state index >= 15 is 0 Å². The lowest BCUT2D eigenvalue weighted by Crippen LogP contribution is -1.91. The first-order valence-electron chi connectivity index (χ1n) is 3.63. The fraction of sp³-hybridized carbons (Fsp3) is 0.250. The number of nitrogens with zero attached hydrogens (tertiary/aromatic N) is 3. The van der Waals surface area contributed by atoms with Crippen LogP contribution >= 0.6 is 0 Å². The molecule has 1 atom stereocenters. The predicted octanol–water partition coefficient (Wildman–Crippen LogP) is 3.34. The first-order valence-corrected chi connectivity index (χ1v) is 3.63. The molecule has 0 aliphatic heterocycles. The Morgan fingerprint density at radius 3 is 2.31 bits per heavy atom. The molecule has 0 heterocycles. The number of rotatable bonds is 2. The van der Waals surface area contributed by atoms with Gasteiger partial charge in [-0.15, -0.1) is 0 Å². The van der Waals surface area contributed by atoms with Crippen LogP contribution in [0.4, 0.5) is 8.78 Å². The van der Waals surface area contributed by atoms with Gasteiger partial charge in [-0.25, -0.2) is 8.78 Å². The summed E-state index contributed by atoms with van der Waals surface area (Å²) in [7, 11) is 0. The summed E-state index contributed by atoms with van der Waals surface area (Å²) in [5.74, 6) is -1.34. The molecule has 0 saturated carbocycles. The summed E-state index contributed by atoms with van der Waals surface area (Å²) < 4.78 is 25.3. The molecule has 68 valence electrons. The van der Waals surface area contributed by atoms with Crippen LogP contribution in [0.2, 0.25) is 0 Å². The van der Waals surface area contributed by atoms with E-state index in [1.807, 2.05) is 0 Å². The van der Waals surface area contributed by atoms with Gasteiger partial charge < -0.3 is 0 Å². The minimum Gasteiger partial charge on any atom is -0.207 e. The van der Waals surface area contributed by atoms with Gasteiger partial charge in [-0.05, 0) is 23.2 Å². The Morgan fingerprint density at radius 2 is 1.85 bits per heavy atom. The molecule has 3 nitrogen and oxygen atoms in total. The topological polar surface area (TPSA) is 48.8 Å². The Labute approximate surface area is 73.6 Å². The van der Waals surface area contributed by atoms with Crippen LogP contribution in [0.1, 0.15) is 18.5 Å². The number of benzene rings is 1. The molecule has 1 unspecified atom stereocenters. The summed E-state index contributed by atoms with van der Waals surface area (Å²) in [6, 6.07) is 2.49. The Bertz CT molecular complexity index is 338. The highest BCUT2D eigenvalue weighted by Gasteiger charge is 2.06. The van der Waals surface area contributed by atoms with Crippen molar-refractivity contribution in [2.45, 2.75) is 13.0 Å². The molecular weight excluding hydrogens is 176 g/mol. The van der Waals surface area contributed by atoms with Gasteiger partial charge >= 0.3 is 0 Å². The maximum atomic E-state index is 12.7. The van der Waals surface area contributed by atoms with Crippen molar-refractivity contribution in [3.63, 3.8) is 0 Å². The molecule has 13 heavy (non-hydrogen) atoms. The zero-order valence-electron chi connectivity index (χ0n) is 6.91. The van der Waals surface area contributed by atoms with Crippen LogP contribution in [-0.4, -0.2) is 0 Å². The van der Waals surface area contributed by atoms with E-state index in [0.717, 1.165) is 18.2 Å². The zero-order valence-corrected chi connectivity index (χ0v) is 6.91. The highest BCUT2D eigenvalue weighted by Crippen LogP contribution is 2.18. The third-order valence-corrected chi connectivity index (χ3v) is 1.59. The normalized spacial score (nSPS) is 11.9. The molecule has 0 aliphatic rings. The molecule has 5 heteroatoms. The number of hydrogen-bond acceptors (Lipinski definition) is 1. The second-order valence-corrected chi connectivity index (χ2v) is 2.58. The van der Waals surface area contributed by atoms with Crippen molar-refractivity contribution in [1.29, 1.82) is 0 Å². The maximum Gasteiger partial charge on any atom is 0.126 e. The molecular formula is C8H7F2N3. The van der Waals surface area contributed by atoms with Gasteiger partial charge in [0.05, 0.1) is 6.04 Å². The molecule has 1 rings (SSSR count). The number of halogens is 2. The van der Waals surface area contributed by atoms with E-state index in [4.69, 9.17) is 5.53 Å². The van der Waals surface area contributed by atoms with Crippen molar-refractivity contribution in [1.82, 2.24) is 0 Å². The van der Waals surface area contributed by atoms with E-state index in [0.29, 0.717) is 5.56 Å². The van der Waals surface area contributed by atoms with Crippen molar-refractivity contribution in [2.24, 2.45) is 5.11 Å². The van der Waals surface area contributed by atoms with Crippen molar-refractivity contribution in [3.8, 4) is 0 Å². The lowest BCUT2D eigenvalue weighted by molar-refractivity contribution is 0.576. The van der Waals surface area contributed by atoms with Crippen molar-refractivity contribution in [2.75, 3.05) is 0 Å². The minimum absolute atomic E-state index is 0.329. The quantitative estimate of drug-likeness (QED) is 0.383. The molecule has 0 saturated heterocycles. The average molecular weight is 183 g/mol. The molecule has 1 aromatic rings. The van der Waals surface area contributed by atoms with E-state index in [2.05, 4.69) is 10.0 Å². The van der Waals surface area contributed by atoms with Crippen molar-refractivity contribution in [3.05, 3.63) is 45.8 Å². The van der Waals surface area contributed by atoms with Gasteiger partial charge in [0.25, 0.3) is 0 Å². The van der Waals surface area contributed by atoms with Gasteiger partial charge in [0.15, 0.2) is 0 Å². The van der Waals surface area contributed by atoms with Crippen LogP contribution in [0.3, 0.4) is 0 Å². The lowest BCUT2D eigenvalue weighted by Gasteiger charge is -2.04. The van der Waals surface area contributed by atoms with Gasteiger partial charge in [0.2, 0.25) is 0 Å². The zero-order chi connectivity index (χ0) is 9.84. The van der Waals surface area contributed by atoms with Crippen LogP contribution in [0.15, 0.2) is 23.3 Å². The fourth-order valence-corrected chi connectivity index (χ4v) is 0.960. The molecule has 0 aromatic heterocycles. The van der Waals surface area contributed by atoms with Gasteiger partial charge in [-0.1, -0.05) is 12.0 Å². The third kappa shape index (κ3) is 2.42. The van der Waals surface area contributed by atoms with Crippen molar-refractivity contribution >= 4 is 0 Å². The summed E-state index contributed by atoms with van der Waals surface area (Å²) >= 11 is 0. The molecule has 0 bridgehead atoms. The minimum atomic E-state index is -0.671. The summed E-state index contributed by atoms with van der Waals surface area (Å²) in [6.07, 6.45) is 0. The number of hydrogen-bond donors (Lipinski definition) is 0. The molecule has 1 aromatic carbocycles. The standard InChI is InChI=1S/C8H7F2N3/c1-5(12-13-11)6-2-7(9)4-8(10)3-6/h2-5H,1H3. The Balaban J connectivity index is 3.07. The van der Waals surface area contributed by atoms with Crippen LogP contribution in [-0.2, 0) is 0 Å². The molecule has 0 spiro atoms. The van der Waals surface area contributed by atoms with Crippen molar-refractivity contribution < 1.29 is 8.78 Å². The second kappa shape index (κ2) is 3.87. The van der Waals surface area contributed by atoms with E-state index < -0.39 is 17.7 Å². The third-order valence-electron chi connectivity index (χ3n) is 1.59. The monoisotopic (exact) mass is 183 g/mol. The number of azide groups is 1. The van der Waals surface area contributed by atoms with Crippen LogP contribution in [0.5, 0.6) is 0 Å². The van der Waals surface area contributed by atoms with E-state index in [1.165, 1.54) is 0 Å². The largest absolute Gasteiger partial charge is 0.207 e. The predicted molar refractivity (Wildman–Crippen MR) is 43.9 cm³/mol. The summed E-state index contributed by atoms with van der Waals surface area (Å²) in [6.45, 7) is 1.56. The average Bonchev–Trinajstić information content (AvgIpc) is 2.03. The second-order valence-electron chi connectivity index (χ2n) is 2.58. The van der Waals surface area contributed by atoms with Gasteiger partial charge in [-0.2, -0.15) is 0 Å². The van der Waals surface area contributed by atoms with Crippen LogP contribution in [0.25, 0.3) is 10.4 Å². The first kappa shape index (κ1) is 9.48. The van der Waals surface area contributed by atoms with Gasteiger partial charge in [0.1, 0.15) is 11.6 Å². The first-order chi connectivity index (χ1) is 6.13. The van der Waals surface area contributed by atoms with Gasteiger partial charge in [0, 0.05) is 11.0 Å². The fourth-order valence-electron chi connectivity index (χ4n) is 0.960. The summed E-state index contributed by atoms with van der Waals surface area (Å²) in [5, 5.41) is 3.32. The highest BCUT2D eigenvalue weighted by molar-refractivity contribution is 5.20. The Hall–Kier alpha value is -1.61. The van der Waals surface area contributed by atoms with Gasteiger partial charge in [-0.3, -0.25) is 0 Å². The summed E-state index contributed by atoms with van der Waals surface area (Å²) in [4.78, 5) is 2.55. The van der Waals surface area contributed by atoms with Crippen LogP contribution in [0, 0.1) is 11.6 Å². The summed E-state index contributed by atoms with van der Waals surface area (Å²) in [5.41, 5.74) is 8.44. The molecule has 0 amide bonds. The molecule has 0 fully saturated rings. The Kier molecular flexibility index (Phi) is 2.82. The molecule has 0 aliphatic carbocycles. The van der Waals surface area contributed by atoms with E-state index in [-0.39, 0.29) is 0 Å². The SMILES string of the molecule is CC(N=[N+]=[N-])c1cc(F)cc(F)c1. The van der Waals surface area contributed by atoms with E-state index in [1.54, 1.807) is 6.92 Å². The smallest absolute Gasteiger partial charge is 0.126 e. The maximum absolute atomic E-state index is 12.7. The lowest BCUT2D eigenvalue weighted by atomic mass is 10.1. The van der Waals surface area contributed by atoms with E-state index in [9.17, 15) is 8.78 Å². The molecule has 0 radical (unpaired) electrons. The highest BCUT2D eigenvalue weighted by atomic mass is 19.1. The molecule has 0 N–H and O–H groups in total.